The Morgan fingerprint density at radius 1 is 1.14 bits per heavy atom. The van der Waals surface area contributed by atoms with Crippen molar-refractivity contribution in [1.29, 1.82) is 0 Å². The quantitative estimate of drug-likeness (QED) is 0.533. The molecule has 1 aromatic heterocycles. The van der Waals surface area contributed by atoms with Gasteiger partial charge in [-0.3, -0.25) is 0 Å². The van der Waals surface area contributed by atoms with Crippen LogP contribution in [0, 0.1) is 6.92 Å². The molecule has 2 rings (SSSR count). The normalized spacial score (nSPS) is 10.9. The van der Waals surface area contributed by atoms with E-state index < -0.39 is 0 Å². The minimum Gasteiger partial charge on any atom is -0.492 e. The van der Waals surface area contributed by atoms with Crippen LogP contribution in [0.15, 0.2) is 28.7 Å². The number of thiophene rings is 1. The summed E-state index contributed by atoms with van der Waals surface area (Å²) in [5.74, 6) is 0.963. The second kappa shape index (κ2) is 8.00. The van der Waals surface area contributed by atoms with Crippen LogP contribution < -0.4 is 4.74 Å². The molecule has 2 aromatic rings. The van der Waals surface area contributed by atoms with Gasteiger partial charge in [0.2, 0.25) is 0 Å². The summed E-state index contributed by atoms with van der Waals surface area (Å²) in [6.07, 6.45) is 4.39. The first-order valence-corrected chi connectivity index (χ1v) is 9.24. The highest BCUT2D eigenvalue weighted by Crippen LogP contribution is 2.31. The first kappa shape index (κ1) is 16.6. The summed E-state index contributed by atoms with van der Waals surface area (Å²) < 4.78 is 6.90. The van der Waals surface area contributed by atoms with Crippen LogP contribution in [-0.4, -0.2) is 6.61 Å². The second-order valence-corrected chi connectivity index (χ2v) is 7.42. The molecule has 0 atom stereocenters. The van der Waals surface area contributed by atoms with E-state index in [2.05, 4.69) is 61.0 Å². The highest BCUT2D eigenvalue weighted by Gasteiger charge is 2.09. The van der Waals surface area contributed by atoms with E-state index in [1.165, 1.54) is 20.9 Å². The van der Waals surface area contributed by atoms with Crippen molar-refractivity contribution in [2.24, 2.45) is 0 Å². The molecule has 0 radical (unpaired) electrons. The third-order valence-corrected chi connectivity index (χ3v) is 5.43. The number of hydrogen-bond acceptors (Lipinski definition) is 2. The molecule has 3 heteroatoms. The molecule has 0 spiro atoms. The highest BCUT2D eigenvalue weighted by molar-refractivity contribution is 9.10. The number of ether oxygens (including phenoxy) is 1. The van der Waals surface area contributed by atoms with Crippen molar-refractivity contribution < 1.29 is 4.74 Å². The van der Waals surface area contributed by atoms with Crippen LogP contribution in [-0.2, 0) is 12.8 Å². The summed E-state index contributed by atoms with van der Waals surface area (Å²) in [7, 11) is 0. The highest BCUT2D eigenvalue weighted by atomic mass is 79.9. The van der Waals surface area contributed by atoms with Gasteiger partial charge in [-0.1, -0.05) is 20.3 Å². The maximum atomic E-state index is 5.84. The van der Waals surface area contributed by atoms with Gasteiger partial charge < -0.3 is 4.74 Å². The molecule has 0 saturated heterocycles. The fraction of sp³-hybridized carbons (Fsp3) is 0.444. The van der Waals surface area contributed by atoms with Crippen molar-refractivity contribution in [3.63, 3.8) is 0 Å². The average molecular weight is 367 g/mol. The zero-order valence-corrected chi connectivity index (χ0v) is 15.4. The Balaban J connectivity index is 2.11. The lowest BCUT2D eigenvalue weighted by Crippen LogP contribution is -1.99. The Morgan fingerprint density at radius 2 is 1.90 bits per heavy atom. The Kier molecular flexibility index (Phi) is 6.31. The molecule has 21 heavy (non-hydrogen) atoms. The van der Waals surface area contributed by atoms with Gasteiger partial charge in [-0.15, -0.1) is 11.3 Å². The van der Waals surface area contributed by atoms with Crippen molar-refractivity contribution >= 4 is 27.3 Å². The molecule has 1 aromatic carbocycles. The molecule has 0 fully saturated rings. The zero-order valence-electron chi connectivity index (χ0n) is 13.0. The van der Waals surface area contributed by atoms with Gasteiger partial charge >= 0.3 is 0 Å². The average Bonchev–Trinajstić information content (AvgIpc) is 2.92. The van der Waals surface area contributed by atoms with Gasteiger partial charge in [0.1, 0.15) is 5.75 Å². The third-order valence-electron chi connectivity index (χ3n) is 3.58. The standard InChI is InChI=1S/C18H23BrOS/c1-4-6-9-20-18-10-13(3)14(12-17(18)19)11-16-8-7-15(5-2)21-16/h7-8,10,12H,4-6,9,11H2,1-3H3. The van der Waals surface area contributed by atoms with E-state index in [0.29, 0.717) is 0 Å². The van der Waals surface area contributed by atoms with Gasteiger partial charge in [-0.2, -0.15) is 0 Å². The SMILES string of the molecule is CCCCOc1cc(C)c(Cc2ccc(CC)s2)cc1Br. The minimum atomic E-state index is 0.790. The van der Waals surface area contributed by atoms with Gasteiger partial charge in [-0.05, 0) is 71.1 Å². The van der Waals surface area contributed by atoms with Gasteiger partial charge in [0, 0.05) is 16.2 Å². The molecule has 0 amide bonds. The molecular weight excluding hydrogens is 344 g/mol. The number of aryl methyl sites for hydroxylation is 2. The summed E-state index contributed by atoms with van der Waals surface area (Å²) in [5.41, 5.74) is 2.67. The van der Waals surface area contributed by atoms with Gasteiger partial charge in [0.25, 0.3) is 0 Å². The molecule has 1 heterocycles. The Bertz CT molecular complexity index is 589. The van der Waals surface area contributed by atoms with Crippen LogP contribution in [0.5, 0.6) is 5.75 Å². The van der Waals surface area contributed by atoms with Crippen LogP contribution in [0.2, 0.25) is 0 Å². The van der Waals surface area contributed by atoms with Crippen LogP contribution in [0.4, 0.5) is 0 Å². The summed E-state index contributed by atoms with van der Waals surface area (Å²) in [4.78, 5) is 2.89. The molecule has 0 aliphatic rings. The monoisotopic (exact) mass is 366 g/mol. The summed E-state index contributed by atoms with van der Waals surface area (Å²) in [6.45, 7) is 7.35. The maximum Gasteiger partial charge on any atom is 0.133 e. The fourth-order valence-corrected chi connectivity index (χ4v) is 3.70. The number of rotatable bonds is 7. The molecule has 0 saturated carbocycles. The van der Waals surface area contributed by atoms with E-state index in [9.17, 15) is 0 Å². The summed E-state index contributed by atoms with van der Waals surface area (Å²) in [5, 5.41) is 0. The van der Waals surface area contributed by atoms with Crippen LogP contribution in [0.3, 0.4) is 0 Å². The lowest BCUT2D eigenvalue weighted by molar-refractivity contribution is 0.307. The molecular formula is C18H23BrOS. The van der Waals surface area contributed by atoms with Crippen LogP contribution in [0.25, 0.3) is 0 Å². The number of hydrogen-bond donors (Lipinski definition) is 0. The largest absolute Gasteiger partial charge is 0.492 e. The van der Waals surface area contributed by atoms with Crippen molar-refractivity contribution in [2.45, 2.75) is 46.5 Å². The van der Waals surface area contributed by atoms with E-state index >= 15 is 0 Å². The molecule has 1 nitrogen and oxygen atoms in total. The fourth-order valence-electron chi connectivity index (χ4n) is 2.22. The van der Waals surface area contributed by atoms with E-state index in [0.717, 1.165) is 42.5 Å². The zero-order chi connectivity index (χ0) is 15.2. The van der Waals surface area contributed by atoms with E-state index in [4.69, 9.17) is 4.74 Å². The van der Waals surface area contributed by atoms with Crippen molar-refractivity contribution in [3.05, 3.63) is 49.6 Å². The number of halogens is 1. The maximum absolute atomic E-state index is 5.84. The first-order valence-electron chi connectivity index (χ1n) is 7.63. The minimum absolute atomic E-state index is 0.790. The first-order chi connectivity index (χ1) is 10.1. The molecule has 0 aliphatic heterocycles. The van der Waals surface area contributed by atoms with E-state index in [-0.39, 0.29) is 0 Å². The van der Waals surface area contributed by atoms with Gasteiger partial charge in [0.05, 0.1) is 11.1 Å². The Morgan fingerprint density at radius 3 is 2.57 bits per heavy atom. The second-order valence-electron chi connectivity index (χ2n) is 5.31. The molecule has 0 bridgehead atoms. The molecule has 0 aliphatic carbocycles. The Labute approximate surface area is 140 Å². The predicted octanol–water partition coefficient (Wildman–Crippen LogP) is 6.15. The van der Waals surface area contributed by atoms with Gasteiger partial charge in [0.15, 0.2) is 0 Å². The number of benzene rings is 1. The van der Waals surface area contributed by atoms with Crippen LogP contribution >= 0.6 is 27.3 Å². The van der Waals surface area contributed by atoms with Gasteiger partial charge in [-0.25, -0.2) is 0 Å². The van der Waals surface area contributed by atoms with Crippen molar-refractivity contribution in [3.8, 4) is 5.75 Å². The Hall–Kier alpha value is -0.800. The smallest absolute Gasteiger partial charge is 0.133 e. The van der Waals surface area contributed by atoms with Crippen LogP contribution in [0.1, 0.15) is 47.6 Å². The lowest BCUT2D eigenvalue weighted by Gasteiger charge is -2.12. The van der Waals surface area contributed by atoms with Crippen molar-refractivity contribution in [1.82, 2.24) is 0 Å². The lowest BCUT2D eigenvalue weighted by atomic mass is 10.0. The molecule has 0 unspecified atom stereocenters. The van der Waals surface area contributed by atoms with E-state index in [1.807, 2.05) is 11.3 Å². The predicted molar refractivity (Wildman–Crippen MR) is 95.8 cm³/mol. The van der Waals surface area contributed by atoms with Crippen molar-refractivity contribution in [2.75, 3.05) is 6.61 Å². The van der Waals surface area contributed by atoms with E-state index in [1.54, 1.807) is 0 Å². The molecule has 114 valence electrons. The molecule has 0 N–H and O–H groups in total. The summed E-state index contributed by atoms with van der Waals surface area (Å²) in [6, 6.07) is 8.86. The summed E-state index contributed by atoms with van der Waals surface area (Å²) >= 11 is 5.56. The third kappa shape index (κ3) is 4.58. The topological polar surface area (TPSA) is 9.23 Å². The number of unbranched alkanes of at least 4 members (excludes halogenated alkanes) is 1.